The van der Waals surface area contributed by atoms with Gasteiger partial charge in [0.25, 0.3) is 5.91 Å². The molecule has 3 rings (SSSR count). The van der Waals surface area contributed by atoms with Gasteiger partial charge in [-0.15, -0.1) is 0 Å². The second kappa shape index (κ2) is 18.3. The van der Waals surface area contributed by atoms with Crippen molar-refractivity contribution in [2.45, 2.75) is 40.0 Å². The van der Waals surface area contributed by atoms with Crippen LogP contribution in [0.4, 0.5) is 0 Å². The fraction of sp³-hybridized carbons (Fsp3) is 0.382. The highest BCUT2D eigenvalue weighted by atomic mass is 35.5. The van der Waals surface area contributed by atoms with Gasteiger partial charge in [0, 0.05) is 33.9 Å². The highest BCUT2D eigenvalue weighted by molar-refractivity contribution is 7.81. The van der Waals surface area contributed by atoms with Crippen LogP contribution in [0.5, 0.6) is 0 Å². The minimum absolute atomic E-state index is 0.0303. The van der Waals surface area contributed by atoms with Gasteiger partial charge in [-0.3, -0.25) is 33.4 Å². The Bertz CT molecular complexity index is 1620. The molecule has 0 unspecified atom stereocenters. The Kier molecular flexibility index (Phi) is 14.5. The number of nitrogens with one attached hydrogen (secondary N) is 4. The third-order valence-electron chi connectivity index (χ3n) is 7.45. The van der Waals surface area contributed by atoms with Gasteiger partial charge in [-0.2, -0.15) is 12.6 Å². The molecule has 0 aliphatic heterocycles. The molecule has 2 aromatic carbocycles. The molecule has 0 aliphatic carbocycles. The Labute approximate surface area is 285 Å². The van der Waals surface area contributed by atoms with Crippen LogP contribution in [0.3, 0.4) is 0 Å². The summed E-state index contributed by atoms with van der Waals surface area (Å²) in [6.07, 6.45) is 1.36. The molecule has 0 aliphatic rings. The fourth-order valence-electron chi connectivity index (χ4n) is 4.96. The van der Waals surface area contributed by atoms with Gasteiger partial charge in [0.05, 0.1) is 37.3 Å². The van der Waals surface area contributed by atoms with E-state index in [2.05, 4.69) is 47.4 Å². The van der Waals surface area contributed by atoms with Crippen molar-refractivity contribution in [3.8, 4) is 0 Å². The summed E-state index contributed by atoms with van der Waals surface area (Å²) in [4.78, 5) is 65.9. The van der Waals surface area contributed by atoms with E-state index in [9.17, 15) is 24.0 Å². The lowest BCUT2D eigenvalue weighted by Gasteiger charge is -2.22. The van der Waals surface area contributed by atoms with E-state index in [4.69, 9.17) is 11.6 Å². The lowest BCUT2D eigenvalue weighted by atomic mass is 10.0. The van der Waals surface area contributed by atoms with E-state index < -0.39 is 17.7 Å². The average molecular weight is 683 g/mol. The number of fused-ring (bicyclic) bond motifs is 1. The van der Waals surface area contributed by atoms with Crippen molar-refractivity contribution in [3.63, 3.8) is 0 Å². The average Bonchev–Trinajstić information content (AvgIpc) is 3.32. The number of imide groups is 1. The number of thiol groups is 1. The van der Waals surface area contributed by atoms with Crippen molar-refractivity contribution < 1.29 is 24.0 Å². The van der Waals surface area contributed by atoms with Crippen molar-refractivity contribution in [2.24, 2.45) is 0 Å². The Morgan fingerprint density at radius 3 is 2.28 bits per heavy atom. The predicted octanol–water partition coefficient (Wildman–Crippen LogP) is 3.15. The second-order valence-corrected chi connectivity index (χ2v) is 11.9. The summed E-state index contributed by atoms with van der Waals surface area (Å²) < 4.78 is 1.59. The van der Waals surface area contributed by atoms with E-state index in [1.54, 1.807) is 35.8 Å². The summed E-state index contributed by atoms with van der Waals surface area (Å²) in [5, 5.41) is 12.5. The van der Waals surface area contributed by atoms with Crippen LogP contribution in [0.15, 0.2) is 54.7 Å². The lowest BCUT2D eigenvalue weighted by molar-refractivity contribution is -0.144. The first-order chi connectivity index (χ1) is 22.5. The highest BCUT2D eigenvalue weighted by Crippen LogP contribution is 2.29. The number of aryl methyl sites for hydroxylation is 1. The number of carbonyl (C=O) groups excluding carboxylic acids is 5. The lowest BCUT2D eigenvalue weighted by Crippen LogP contribution is -2.46. The van der Waals surface area contributed by atoms with E-state index in [0.717, 1.165) is 23.9 Å². The largest absolute Gasteiger partial charge is 0.379 e. The summed E-state index contributed by atoms with van der Waals surface area (Å²) in [6.45, 7) is 10.7. The molecule has 1 heterocycles. The minimum atomic E-state index is -0.548. The molecule has 0 spiro atoms. The molecule has 0 radical (unpaired) electrons. The van der Waals surface area contributed by atoms with Crippen LogP contribution in [0.1, 0.15) is 46.9 Å². The van der Waals surface area contributed by atoms with Gasteiger partial charge in [-0.25, -0.2) is 0 Å². The smallest absolute Gasteiger partial charge is 0.262 e. The van der Waals surface area contributed by atoms with Crippen molar-refractivity contribution in [1.82, 2.24) is 30.7 Å². The zero-order chi connectivity index (χ0) is 34.5. The van der Waals surface area contributed by atoms with Crippen LogP contribution in [0, 0.1) is 13.8 Å². The van der Waals surface area contributed by atoms with Gasteiger partial charge in [-0.1, -0.05) is 36.7 Å². The molecule has 0 saturated heterocycles. The first kappa shape index (κ1) is 37.3. The molecule has 13 heteroatoms. The SMILES string of the molecule is C=C(CNC(=O)CS)NCC(=O)NCC(=O)N(CCCNCCC)C(=O)Cc1c(C)n(C(=O)c2ccc(Cl)cc2)c2ccc(C)cc12. The van der Waals surface area contributed by atoms with Gasteiger partial charge in [0.1, 0.15) is 0 Å². The Morgan fingerprint density at radius 1 is 0.894 bits per heavy atom. The number of halogens is 1. The number of carbonyl (C=O) groups is 5. The van der Waals surface area contributed by atoms with Crippen molar-refractivity contribution in [1.29, 1.82) is 0 Å². The molecule has 1 aromatic heterocycles. The number of aromatic nitrogens is 1. The maximum atomic E-state index is 13.9. The molecule has 47 heavy (non-hydrogen) atoms. The van der Waals surface area contributed by atoms with E-state index in [-0.39, 0.29) is 50.2 Å². The maximum Gasteiger partial charge on any atom is 0.262 e. The van der Waals surface area contributed by atoms with Gasteiger partial charge < -0.3 is 21.3 Å². The van der Waals surface area contributed by atoms with Crippen LogP contribution in [-0.2, 0) is 25.6 Å². The van der Waals surface area contributed by atoms with Gasteiger partial charge in [0.2, 0.25) is 23.6 Å². The highest BCUT2D eigenvalue weighted by Gasteiger charge is 2.26. The Hall–Kier alpha value is -4.13. The molecule has 4 amide bonds. The monoisotopic (exact) mass is 682 g/mol. The molecule has 4 N–H and O–H groups in total. The normalized spacial score (nSPS) is 10.8. The molecule has 0 bridgehead atoms. The quantitative estimate of drug-likeness (QED) is 0.109. The van der Waals surface area contributed by atoms with Crippen LogP contribution in [0.2, 0.25) is 5.02 Å². The first-order valence-corrected chi connectivity index (χ1v) is 16.5. The third kappa shape index (κ3) is 10.7. The van der Waals surface area contributed by atoms with E-state index in [1.807, 2.05) is 25.1 Å². The molecule has 0 atom stereocenters. The number of nitrogens with zero attached hydrogens (tertiary/aromatic N) is 2. The van der Waals surface area contributed by atoms with Crippen molar-refractivity contribution >= 4 is 64.7 Å². The van der Waals surface area contributed by atoms with Crippen LogP contribution in [-0.4, -0.2) is 84.0 Å². The molecular formula is C34H43ClN6O5S. The standard InChI is InChI=1S/C34H43ClN6O5S/c1-5-13-36-14-6-15-40(33(45)20-39-30(42)19-37-23(3)18-38-31(43)21-47)32(44)17-27-24(4)41(29-12-7-22(2)16-28(27)29)34(46)25-8-10-26(35)11-9-25/h7-12,16,36-37,47H,3,5-6,13-15,17-21H2,1-2,4H3,(H,38,43)(H,39,42). The minimum Gasteiger partial charge on any atom is -0.379 e. The number of rotatable bonds is 17. The summed E-state index contributed by atoms with van der Waals surface area (Å²) in [7, 11) is 0. The summed E-state index contributed by atoms with van der Waals surface area (Å²) >= 11 is 9.93. The second-order valence-electron chi connectivity index (χ2n) is 11.1. The molecule has 252 valence electrons. The number of hydrogen-bond donors (Lipinski definition) is 5. The molecule has 11 nitrogen and oxygen atoms in total. The zero-order valence-electron chi connectivity index (χ0n) is 27.1. The summed E-state index contributed by atoms with van der Waals surface area (Å²) in [5.74, 6) is -1.97. The van der Waals surface area contributed by atoms with E-state index >= 15 is 0 Å². The maximum absolute atomic E-state index is 13.9. The Balaban J connectivity index is 1.78. The van der Waals surface area contributed by atoms with Crippen molar-refractivity contribution in [3.05, 3.63) is 82.1 Å². The third-order valence-corrected chi connectivity index (χ3v) is 7.99. The zero-order valence-corrected chi connectivity index (χ0v) is 28.7. The predicted molar refractivity (Wildman–Crippen MR) is 188 cm³/mol. The summed E-state index contributed by atoms with van der Waals surface area (Å²) in [6, 6.07) is 12.3. The van der Waals surface area contributed by atoms with Gasteiger partial charge >= 0.3 is 0 Å². The fourth-order valence-corrected chi connectivity index (χ4v) is 5.20. The summed E-state index contributed by atoms with van der Waals surface area (Å²) in [5.41, 5.74) is 3.72. The molecular weight excluding hydrogens is 640 g/mol. The number of hydrogen-bond acceptors (Lipinski definition) is 8. The van der Waals surface area contributed by atoms with Crippen molar-refractivity contribution in [2.75, 3.05) is 45.0 Å². The Morgan fingerprint density at radius 2 is 1.60 bits per heavy atom. The number of amides is 4. The molecule has 0 saturated carbocycles. The van der Waals surface area contributed by atoms with E-state index in [1.165, 1.54) is 4.90 Å². The van der Waals surface area contributed by atoms with Gasteiger partial charge in [-0.05, 0) is 81.7 Å². The molecule has 3 aromatic rings. The van der Waals surface area contributed by atoms with Gasteiger partial charge in [0.15, 0.2) is 0 Å². The first-order valence-electron chi connectivity index (χ1n) is 15.5. The van der Waals surface area contributed by atoms with E-state index in [0.29, 0.717) is 46.0 Å². The number of benzene rings is 2. The topological polar surface area (TPSA) is 142 Å². The van der Waals surface area contributed by atoms with Crippen LogP contribution >= 0.6 is 24.2 Å². The molecule has 0 fully saturated rings. The van der Waals surface area contributed by atoms with Crippen LogP contribution in [0.25, 0.3) is 10.9 Å². The van der Waals surface area contributed by atoms with Crippen LogP contribution < -0.4 is 21.3 Å².